The summed E-state index contributed by atoms with van der Waals surface area (Å²) in [6.07, 6.45) is 0.685. The normalized spacial score (nSPS) is 15.9. The first kappa shape index (κ1) is 14.8. The van der Waals surface area contributed by atoms with Crippen molar-refractivity contribution < 1.29 is 14.5 Å². The highest BCUT2D eigenvalue weighted by Crippen LogP contribution is 2.31. The number of benzene rings is 2. The van der Waals surface area contributed by atoms with Gasteiger partial charge >= 0.3 is 6.03 Å². The summed E-state index contributed by atoms with van der Waals surface area (Å²) >= 11 is 0. The van der Waals surface area contributed by atoms with Crippen LogP contribution in [0.4, 0.5) is 16.2 Å². The van der Waals surface area contributed by atoms with Crippen molar-refractivity contribution in [3.05, 3.63) is 64.2 Å². The molecule has 2 aromatic rings. The summed E-state index contributed by atoms with van der Waals surface area (Å²) in [4.78, 5) is 22.2. The van der Waals surface area contributed by atoms with E-state index < -0.39 is 4.92 Å². The molecule has 2 N–H and O–H groups in total. The molecule has 1 aliphatic heterocycles. The quantitative estimate of drug-likeness (QED) is 0.672. The maximum absolute atomic E-state index is 12.1. The summed E-state index contributed by atoms with van der Waals surface area (Å²) < 4.78 is 5.55. The summed E-state index contributed by atoms with van der Waals surface area (Å²) in [6, 6.07) is 12.8. The van der Waals surface area contributed by atoms with Crippen molar-refractivity contribution in [2.75, 3.05) is 11.9 Å². The number of nitrogens with zero attached hydrogens (tertiary/aromatic N) is 1. The molecule has 1 atom stereocenters. The number of non-ortho nitro benzene ring substituents is 1. The van der Waals surface area contributed by atoms with Crippen molar-refractivity contribution in [2.24, 2.45) is 0 Å². The van der Waals surface area contributed by atoms with Crippen LogP contribution in [0.25, 0.3) is 0 Å². The standard InChI is InChI=1S/C16H15N3O4/c20-16(17-11-5-7-12(8-6-11)19(21)22)18-14-9-10-23-15-4-2-1-3-13(14)15/h1-8,14H,9-10H2,(H2,17,18,20). The Kier molecular flexibility index (Phi) is 4.09. The molecule has 23 heavy (non-hydrogen) atoms. The Morgan fingerprint density at radius 2 is 1.91 bits per heavy atom. The monoisotopic (exact) mass is 313 g/mol. The number of nitro groups is 1. The second-order valence-corrected chi connectivity index (χ2v) is 5.13. The lowest BCUT2D eigenvalue weighted by atomic mass is 10.0. The lowest BCUT2D eigenvalue weighted by Gasteiger charge is -2.26. The van der Waals surface area contributed by atoms with E-state index in [1.807, 2.05) is 24.3 Å². The van der Waals surface area contributed by atoms with Crippen molar-refractivity contribution in [2.45, 2.75) is 12.5 Å². The number of amides is 2. The maximum atomic E-state index is 12.1. The molecule has 0 radical (unpaired) electrons. The van der Waals surface area contributed by atoms with Crippen LogP contribution >= 0.6 is 0 Å². The molecule has 1 aliphatic rings. The van der Waals surface area contributed by atoms with E-state index >= 15 is 0 Å². The molecular formula is C16H15N3O4. The third-order valence-electron chi connectivity index (χ3n) is 3.60. The Hall–Kier alpha value is -3.09. The Morgan fingerprint density at radius 1 is 1.17 bits per heavy atom. The number of carbonyl (C=O) groups excluding carboxylic acids is 1. The number of fused-ring (bicyclic) bond motifs is 1. The van der Waals surface area contributed by atoms with E-state index in [4.69, 9.17) is 4.74 Å². The predicted octanol–water partition coefficient (Wildman–Crippen LogP) is 3.24. The average Bonchev–Trinajstić information content (AvgIpc) is 2.55. The van der Waals surface area contributed by atoms with E-state index in [2.05, 4.69) is 10.6 Å². The first-order chi connectivity index (χ1) is 11.1. The fourth-order valence-corrected chi connectivity index (χ4v) is 2.48. The molecule has 0 aliphatic carbocycles. The Balaban J connectivity index is 1.65. The number of anilines is 1. The molecule has 3 rings (SSSR count). The lowest BCUT2D eigenvalue weighted by Crippen LogP contribution is -2.35. The summed E-state index contributed by atoms with van der Waals surface area (Å²) in [5.41, 5.74) is 1.42. The molecular weight excluding hydrogens is 298 g/mol. The zero-order valence-electron chi connectivity index (χ0n) is 12.2. The van der Waals surface area contributed by atoms with Gasteiger partial charge in [0.2, 0.25) is 0 Å². The first-order valence-corrected chi connectivity index (χ1v) is 7.17. The van der Waals surface area contributed by atoms with Gasteiger partial charge in [-0.1, -0.05) is 18.2 Å². The Labute approximate surface area is 132 Å². The molecule has 1 heterocycles. The minimum atomic E-state index is -0.483. The summed E-state index contributed by atoms with van der Waals surface area (Å²) in [7, 11) is 0. The number of hydrogen-bond acceptors (Lipinski definition) is 4. The fourth-order valence-electron chi connectivity index (χ4n) is 2.48. The second kappa shape index (κ2) is 6.35. The van der Waals surface area contributed by atoms with Gasteiger partial charge in [-0.25, -0.2) is 4.79 Å². The smallest absolute Gasteiger partial charge is 0.319 e. The van der Waals surface area contributed by atoms with Crippen LogP contribution in [0.3, 0.4) is 0 Å². The fraction of sp³-hybridized carbons (Fsp3) is 0.188. The van der Waals surface area contributed by atoms with Gasteiger partial charge in [0.1, 0.15) is 5.75 Å². The minimum absolute atomic E-state index is 0.0192. The third kappa shape index (κ3) is 3.39. The number of rotatable bonds is 3. The van der Waals surface area contributed by atoms with Gasteiger partial charge in [0.15, 0.2) is 0 Å². The average molecular weight is 313 g/mol. The van der Waals surface area contributed by atoms with Crippen LogP contribution in [-0.2, 0) is 0 Å². The number of hydrogen-bond donors (Lipinski definition) is 2. The van der Waals surface area contributed by atoms with Gasteiger partial charge < -0.3 is 15.4 Å². The predicted molar refractivity (Wildman–Crippen MR) is 84.5 cm³/mol. The van der Waals surface area contributed by atoms with Gasteiger partial charge in [-0.3, -0.25) is 10.1 Å². The number of nitro benzene ring substituents is 1. The van der Waals surface area contributed by atoms with E-state index in [9.17, 15) is 14.9 Å². The third-order valence-corrected chi connectivity index (χ3v) is 3.60. The molecule has 0 aromatic heterocycles. The minimum Gasteiger partial charge on any atom is -0.493 e. The molecule has 0 saturated carbocycles. The second-order valence-electron chi connectivity index (χ2n) is 5.13. The molecule has 118 valence electrons. The van der Waals surface area contributed by atoms with Crippen molar-refractivity contribution in [3.63, 3.8) is 0 Å². The molecule has 0 spiro atoms. The molecule has 0 fully saturated rings. The SMILES string of the molecule is O=C(Nc1ccc([N+](=O)[O-])cc1)NC1CCOc2ccccc21. The number of nitrogens with one attached hydrogen (secondary N) is 2. The van der Waals surface area contributed by atoms with Gasteiger partial charge in [0, 0.05) is 29.8 Å². The van der Waals surface area contributed by atoms with Crippen LogP contribution in [-0.4, -0.2) is 17.6 Å². The molecule has 0 saturated heterocycles. The van der Waals surface area contributed by atoms with E-state index in [0.717, 1.165) is 11.3 Å². The van der Waals surface area contributed by atoms with Crippen LogP contribution in [0, 0.1) is 10.1 Å². The van der Waals surface area contributed by atoms with Crippen molar-refractivity contribution in [3.8, 4) is 5.75 Å². The molecule has 0 bridgehead atoms. The summed E-state index contributed by atoms with van der Waals surface area (Å²) in [6.45, 7) is 0.541. The van der Waals surface area contributed by atoms with Crippen molar-refractivity contribution in [1.29, 1.82) is 0 Å². The van der Waals surface area contributed by atoms with Crippen LogP contribution < -0.4 is 15.4 Å². The van der Waals surface area contributed by atoms with E-state index in [-0.39, 0.29) is 17.8 Å². The summed E-state index contributed by atoms with van der Waals surface area (Å²) in [5.74, 6) is 0.777. The number of carbonyl (C=O) groups is 1. The largest absolute Gasteiger partial charge is 0.493 e. The topological polar surface area (TPSA) is 93.5 Å². The van der Waals surface area contributed by atoms with E-state index in [0.29, 0.717) is 18.7 Å². The molecule has 2 amide bonds. The van der Waals surface area contributed by atoms with Crippen molar-refractivity contribution in [1.82, 2.24) is 5.32 Å². The van der Waals surface area contributed by atoms with Gasteiger partial charge in [-0.15, -0.1) is 0 Å². The van der Waals surface area contributed by atoms with Gasteiger partial charge in [-0.05, 0) is 18.2 Å². The zero-order chi connectivity index (χ0) is 16.2. The zero-order valence-corrected chi connectivity index (χ0v) is 12.2. The van der Waals surface area contributed by atoms with Gasteiger partial charge in [0.25, 0.3) is 5.69 Å². The number of para-hydroxylation sites is 1. The highest BCUT2D eigenvalue weighted by molar-refractivity contribution is 5.89. The highest BCUT2D eigenvalue weighted by Gasteiger charge is 2.22. The number of urea groups is 1. The summed E-state index contributed by atoms with van der Waals surface area (Å²) in [5, 5.41) is 16.2. The number of ether oxygens (including phenoxy) is 1. The Morgan fingerprint density at radius 3 is 2.65 bits per heavy atom. The molecule has 1 unspecified atom stereocenters. The van der Waals surface area contributed by atoms with Crippen LogP contribution in [0.2, 0.25) is 0 Å². The van der Waals surface area contributed by atoms with E-state index in [1.165, 1.54) is 24.3 Å². The lowest BCUT2D eigenvalue weighted by molar-refractivity contribution is -0.384. The van der Waals surface area contributed by atoms with Crippen LogP contribution in [0.1, 0.15) is 18.0 Å². The highest BCUT2D eigenvalue weighted by atomic mass is 16.6. The van der Waals surface area contributed by atoms with Gasteiger partial charge in [0.05, 0.1) is 17.6 Å². The Bertz CT molecular complexity index is 730. The van der Waals surface area contributed by atoms with E-state index in [1.54, 1.807) is 0 Å². The maximum Gasteiger partial charge on any atom is 0.319 e. The van der Waals surface area contributed by atoms with Gasteiger partial charge in [-0.2, -0.15) is 0 Å². The van der Waals surface area contributed by atoms with Crippen LogP contribution in [0.15, 0.2) is 48.5 Å². The first-order valence-electron chi connectivity index (χ1n) is 7.17. The molecule has 7 nitrogen and oxygen atoms in total. The molecule has 7 heteroatoms. The molecule has 2 aromatic carbocycles. The van der Waals surface area contributed by atoms with Crippen LogP contribution in [0.5, 0.6) is 5.75 Å². The van der Waals surface area contributed by atoms with Crippen molar-refractivity contribution >= 4 is 17.4 Å².